The van der Waals surface area contributed by atoms with Crippen LogP contribution in [0.3, 0.4) is 0 Å². The summed E-state index contributed by atoms with van der Waals surface area (Å²) >= 11 is 6.13. The van der Waals surface area contributed by atoms with E-state index in [1.54, 1.807) is 6.20 Å². The number of halogens is 1. The van der Waals surface area contributed by atoms with Gasteiger partial charge in [0.25, 0.3) is 0 Å². The van der Waals surface area contributed by atoms with Crippen molar-refractivity contribution in [2.24, 2.45) is 0 Å². The van der Waals surface area contributed by atoms with E-state index in [1.807, 2.05) is 46.1 Å². The summed E-state index contributed by atoms with van der Waals surface area (Å²) in [6.45, 7) is 5.24. The third-order valence-corrected chi connectivity index (χ3v) is 4.60. The molecule has 122 valence electrons. The van der Waals surface area contributed by atoms with Gasteiger partial charge in [-0.15, -0.1) is 0 Å². The van der Waals surface area contributed by atoms with Crippen molar-refractivity contribution in [3.8, 4) is 0 Å². The number of nitrogens with zero attached hydrogens (tertiary/aromatic N) is 4. The van der Waals surface area contributed by atoms with E-state index < -0.39 is 0 Å². The minimum absolute atomic E-state index is 0.157. The van der Waals surface area contributed by atoms with Crippen LogP contribution in [0.4, 0.5) is 0 Å². The average molecular weight is 333 g/mol. The molecular formula is C17H21ClN4O. The summed E-state index contributed by atoms with van der Waals surface area (Å²) < 4.78 is 1.94. The number of carbonyl (C=O) groups excluding carboxylic acids is 1. The molecule has 3 rings (SSSR count). The molecule has 1 fully saturated rings. The Kier molecular flexibility index (Phi) is 5.31. The molecule has 2 heterocycles. The number of hydrogen-bond acceptors (Lipinski definition) is 3. The highest BCUT2D eigenvalue weighted by atomic mass is 35.5. The highest BCUT2D eigenvalue weighted by Gasteiger charge is 2.21. The number of rotatable bonds is 5. The lowest BCUT2D eigenvalue weighted by atomic mass is 10.1. The molecule has 0 saturated carbocycles. The summed E-state index contributed by atoms with van der Waals surface area (Å²) in [4.78, 5) is 16.7. The van der Waals surface area contributed by atoms with Crippen LogP contribution in [-0.2, 0) is 17.8 Å². The summed E-state index contributed by atoms with van der Waals surface area (Å²) in [5.74, 6) is 0.157. The van der Waals surface area contributed by atoms with E-state index in [1.165, 1.54) is 0 Å². The predicted octanol–water partition coefficient (Wildman–Crippen LogP) is 1.92. The second kappa shape index (κ2) is 7.62. The molecular weight excluding hydrogens is 312 g/mol. The molecule has 0 radical (unpaired) electrons. The summed E-state index contributed by atoms with van der Waals surface area (Å²) in [6.07, 6.45) is 4.15. The number of benzene rings is 1. The fourth-order valence-electron chi connectivity index (χ4n) is 2.81. The lowest BCUT2D eigenvalue weighted by molar-refractivity contribution is -0.132. The van der Waals surface area contributed by atoms with Crippen molar-refractivity contribution >= 4 is 17.5 Å². The molecule has 6 heteroatoms. The topological polar surface area (TPSA) is 41.4 Å². The van der Waals surface area contributed by atoms with Crippen molar-refractivity contribution in [1.29, 1.82) is 0 Å². The smallest absolute Gasteiger partial charge is 0.227 e. The Morgan fingerprint density at radius 3 is 2.57 bits per heavy atom. The molecule has 5 nitrogen and oxygen atoms in total. The predicted molar refractivity (Wildman–Crippen MR) is 90.4 cm³/mol. The molecule has 0 spiro atoms. The van der Waals surface area contributed by atoms with Crippen molar-refractivity contribution < 1.29 is 4.79 Å². The van der Waals surface area contributed by atoms with Crippen LogP contribution in [0.25, 0.3) is 0 Å². The van der Waals surface area contributed by atoms with E-state index in [9.17, 15) is 4.79 Å². The quantitative estimate of drug-likeness (QED) is 0.840. The summed E-state index contributed by atoms with van der Waals surface area (Å²) in [5, 5.41) is 4.88. The Hall–Kier alpha value is -1.85. The maximum absolute atomic E-state index is 12.4. The molecule has 1 aliphatic rings. The van der Waals surface area contributed by atoms with Crippen LogP contribution in [0.15, 0.2) is 42.7 Å². The second-order valence-electron chi connectivity index (χ2n) is 5.76. The summed E-state index contributed by atoms with van der Waals surface area (Å²) in [6, 6.07) is 9.49. The van der Waals surface area contributed by atoms with E-state index in [0.29, 0.717) is 11.4 Å². The fraction of sp³-hybridized carbons (Fsp3) is 0.412. The first-order chi connectivity index (χ1) is 11.2. The minimum atomic E-state index is 0.157. The van der Waals surface area contributed by atoms with Crippen LogP contribution in [-0.4, -0.2) is 58.2 Å². The van der Waals surface area contributed by atoms with Gasteiger partial charge in [-0.3, -0.25) is 14.4 Å². The normalized spacial score (nSPS) is 15.8. The van der Waals surface area contributed by atoms with E-state index >= 15 is 0 Å². The van der Waals surface area contributed by atoms with Gasteiger partial charge in [0, 0.05) is 50.1 Å². The van der Waals surface area contributed by atoms with E-state index in [-0.39, 0.29) is 5.91 Å². The van der Waals surface area contributed by atoms with E-state index in [4.69, 9.17) is 11.6 Å². The van der Waals surface area contributed by atoms with Crippen molar-refractivity contribution in [1.82, 2.24) is 19.6 Å². The SMILES string of the molecule is O=C(Cc1ccccc1Cl)N1CCN(CCn2cccn2)CC1. The lowest BCUT2D eigenvalue weighted by Crippen LogP contribution is -2.49. The number of amides is 1. The molecule has 0 bridgehead atoms. The van der Waals surface area contributed by atoms with Gasteiger partial charge in [-0.25, -0.2) is 0 Å². The highest BCUT2D eigenvalue weighted by Crippen LogP contribution is 2.16. The molecule has 2 aromatic rings. The number of piperazine rings is 1. The lowest BCUT2D eigenvalue weighted by Gasteiger charge is -2.34. The van der Waals surface area contributed by atoms with Crippen molar-refractivity contribution in [3.63, 3.8) is 0 Å². The molecule has 1 aromatic carbocycles. The number of aromatic nitrogens is 2. The van der Waals surface area contributed by atoms with Gasteiger partial charge >= 0.3 is 0 Å². The standard InChI is InChI=1S/C17H21ClN4O/c18-16-5-2-1-4-15(16)14-17(23)21-11-8-20(9-12-21)10-13-22-7-3-6-19-22/h1-7H,8-14H2. The largest absolute Gasteiger partial charge is 0.340 e. The van der Waals surface area contributed by atoms with Gasteiger partial charge in [0.2, 0.25) is 5.91 Å². The van der Waals surface area contributed by atoms with Gasteiger partial charge in [-0.05, 0) is 17.7 Å². The van der Waals surface area contributed by atoms with Crippen LogP contribution in [0.5, 0.6) is 0 Å². The van der Waals surface area contributed by atoms with Crippen LogP contribution < -0.4 is 0 Å². The Morgan fingerprint density at radius 2 is 1.87 bits per heavy atom. The zero-order valence-electron chi connectivity index (χ0n) is 13.1. The second-order valence-corrected chi connectivity index (χ2v) is 6.17. The maximum Gasteiger partial charge on any atom is 0.227 e. The first-order valence-corrected chi connectivity index (χ1v) is 8.31. The summed E-state index contributed by atoms with van der Waals surface area (Å²) in [5.41, 5.74) is 0.903. The Morgan fingerprint density at radius 1 is 1.09 bits per heavy atom. The first kappa shape index (κ1) is 16.0. The van der Waals surface area contributed by atoms with E-state index in [2.05, 4.69) is 10.00 Å². The molecule has 0 atom stereocenters. The molecule has 1 saturated heterocycles. The minimum Gasteiger partial charge on any atom is -0.340 e. The van der Waals surface area contributed by atoms with Crippen LogP contribution in [0, 0.1) is 0 Å². The highest BCUT2D eigenvalue weighted by molar-refractivity contribution is 6.31. The van der Waals surface area contributed by atoms with Gasteiger partial charge in [-0.1, -0.05) is 29.8 Å². The van der Waals surface area contributed by atoms with Crippen molar-refractivity contribution in [2.75, 3.05) is 32.7 Å². The van der Waals surface area contributed by atoms with E-state index in [0.717, 1.165) is 44.8 Å². The van der Waals surface area contributed by atoms with Crippen molar-refractivity contribution in [3.05, 3.63) is 53.3 Å². The zero-order valence-corrected chi connectivity index (χ0v) is 13.8. The first-order valence-electron chi connectivity index (χ1n) is 7.93. The molecule has 1 amide bonds. The zero-order chi connectivity index (χ0) is 16.1. The monoisotopic (exact) mass is 332 g/mol. The van der Waals surface area contributed by atoms with Crippen LogP contribution in [0.1, 0.15) is 5.56 Å². The van der Waals surface area contributed by atoms with Gasteiger partial charge in [0.1, 0.15) is 0 Å². The van der Waals surface area contributed by atoms with Gasteiger partial charge in [-0.2, -0.15) is 5.10 Å². The Bertz CT molecular complexity index is 636. The fourth-order valence-corrected chi connectivity index (χ4v) is 3.02. The van der Waals surface area contributed by atoms with Crippen molar-refractivity contribution in [2.45, 2.75) is 13.0 Å². The molecule has 0 aliphatic carbocycles. The molecule has 1 aromatic heterocycles. The third-order valence-electron chi connectivity index (χ3n) is 4.23. The molecule has 0 N–H and O–H groups in total. The molecule has 0 unspecified atom stereocenters. The molecule has 23 heavy (non-hydrogen) atoms. The number of hydrogen-bond donors (Lipinski definition) is 0. The Balaban J connectivity index is 1.45. The van der Waals surface area contributed by atoms with Crippen LogP contribution >= 0.6 is 11.6 Å². The van der Waals surface area contributed by atoms with Gasteiger partial charge < -0.3 is 4.90 Å². The average Bonchev–Trinajstić information content (AvgIpc) is 3.09. The third kappa shape index (κ3) is 4.33. The van der Waals surface area contributed by atoms with Gasteiger partial charge in [0.15, 0.2) is 0 Å². The molecule has 1 aliphatic heterocycles. The maximum atomic E-state index is 12.4. The number of carbonyl (C=O) groups is 1. The Labute approximate surface area is 141 Å². The van der Waals surface area contributed by atoms with Crippen LogP contribution in [0.2, 0.25) is 5.02 Å². The summed E-state index contributed by atoms with van der Waals surface area (Å²) in [7, 11) is 0. The van der Waals surface area contributed by atoms with Gasteiger partial charge in [0.05, 0.1) is 13.0 Å².